The van der Waals surface area contributed by atoms with Crippen LogP contribution in [0.4, 0.5) is 4.79 Å². The van der Waals surface area contributed by atoms with E-state index >= 15 is 0 Å². The average Bonchev–Trinajstić information content (AvgIpc) is 3.33. The number of carbonyl (C=O) groups excluding carboxylic acids is 1. The van der Waals surface area contributed by atoms with Gasteiger partial charge in [0.15, 0.2) is 0 Å². The van der Waals surface area contributed by atoms with Gasteiger partial charge in [-0.15, -0.1) is 11.3 Å². The highest BCUT2D eigenvalue weighted by Crippen LogP contribution is 2.33. The molecule has 0 radical (unpaired) electrons. The Bertz CT molecular complexity index is 1070. The number of ether oxygens (including phenoxy) is 1. The van der Waals surface area contributed by atoms with Crippen LogP contribution >= 0.6 is 11.3 Å². The second kappa shape index (κ2) is 13.0. The van der Waals surface area contributed by atoms with Crippen molar-refractivity contribution in [2.45, 2.75) is 83.1 Å². The van der Waals surface area contributed by atoms with E-state index in [-0.39, 0.29) is 5.92 Å². The van der Waals surface area contributed by atoms with Crippen molar-refractivity contribution >= 4 is 17.4 Å². The summed E-state index contributed by atoms with van der Waals surface area (Å²) in [7, 11) is 0. The van der Waals surface area contributed by atoms with Crippen LogP contribution < -0.4 is 5.32 Å². The first-order chi connectivity index (χ1) is 17.1. The molecule has 0 spiro atoms. The number of amides is 1. The Labute approximate surface area is 218 Å². The standard InChI is InChI=1S/C29H38N2O4S/c1-5-24(32)26-19-30-27(36-26)22(16-20-12-8-6-9-13-20)18-25(33)23(17-21-14-10-7-11-15-21)31-28(34)35-29(2,3)4/h6-15,19,22-25,32-33H,5,16-18H2,1-4H3,(H,31,34)/t22?,23-,24+,25-/m0/s1. The Balaban J connectivity index is 1.84. The molecule has 7 heteroatoms. The van der Waals surface area contributed by atoms with Crippen molar-refractivity contribution in [3.8, 4) is 0 Å². The summed E-state index contributed by atoms with van der Waals surface area (Å²) in [6, 6.07) is 19.4. The first-order valence-electron chi connectivity index (χ1n) is 12.5. The Morgan fingerprint density at radius 1 is 1.00 bits per heavy atom. The highest BCUT2D eigenvalue weighted by molar-refractivity contribution is 7.11. The summed E-state index contributed by atoms with van der Waals surface area (Å²) in [6.07, 6.45) is 1.98. The van der Waals surface area contributed by atoms with Gasteiger partial charge in [0.2, 0.25) is 0 Å². The molecule has 194 valence electrons. The molecule has 4 atom stereocenters. The SMILES string of the molecule is CC[C@@H](O)c1cnc(C(Cc2ccccc2)C[C@H](O)[C@H](Cc2ccccc2)NC(=O)OC(C)(C)C)s1. The molecule has 1 amide bonds. The number of aliphatic hydroxyl groups excluding tert-OH is 2. The van der Waals surface area contributed by atoms with E-state index < -0.39 is 29.9 Å². The van der Waals surface area contributed by atoms with Gasteiger partial charge in [-0.1, -0.05) is 67.6 Å². The van der Waals surface area contributed by atoms with Crippen molar-refractivity contribution < 1.29 is 19.7 Å². The lowest BCUT2D eigenvalue weighted by Crippen LogP contribution is -2.47. The molecule has 0 fully saturated rings. The van der Waals surface area contributed by atoms with Gasteiger partial charge in [0.25, 0.3) is 0 Å². The van der Waals surface area contributed by atoms with Gasteiger partial charge < -0.3 is 20.3 Å². The minimum absolute atomic E-state index is 0.0797. The third kappa shape index (κ3) is 8.73. The number of hydrogen-bond acceptors (Lipinski definition) is 6. The number of carbonyl (C=O) groups is 1. The Morgan fingerprint density at radius 3 is 2.14 bits per heavy atom. The molecule has 0 saturated carbocycles. The predicted octanol–water partition coefficient (Wildman–Crippen LogP) is 5.80. The summed E-state index contributed by atoms with van der Waals surface area (Å²) in [5.41, 5.74) is 1.52. The van der Waals surface area contributed by atoms with Crippen LogP contribution in [0.2, 0.25) is 0 Å². The van der Waals surface area contributed by atoms with E-state index in [1.54, 1.807) is 6.20 Å². The highest BCUT2D eigenvalue weighted by atomic mass is 32.1. The van der Waals surface area contributed by atoms with Gasteiger partial charge >= 0.3 is 6.09 Å². The van der Waals surface area contributed by atoms with Gasteiger partial charge in [0, 0.05) is 12.1 Å². The molecule has 3 N–H and O–H groups in total. The predicted molar refractivity (Wildman–Crippen MR) is 144 cm³/mol. The quantitative estimate of drug-likeness (QED) is 0.303. The zero-order chi connectivity index (χ0) is 26.1. The largest absolute Gasteiger partial charge is 0.444 e. The van der Waals surface area contributed by atoms with E-state index in [1.807, 2.05) is 76.2 Å². The van der Waals surface area contributed by atoms with Crippen LogP contribution in [0.3, 0.4) is 0 Å². The maximum Gasteiger partial charge on any atom is 0.407 e. The summed E-state index contributed by atoms with van der Waals surface area (Å²) in [5, 5.41) is 25.5. The topological polar surface area (TPSA) is 91.7 Å². The third-order valence-electron chi connectivity index (χ3n) is 5.92. The minimum Gasteiger partial charge on any atom is -0.444 e. The monoisotopic (exact) mass is 510 g/mol. The van der Waals surface area contributed by atoms with Crippen molar-refractivity contribution in [3.05, 3.63) is 87.9 Å². The zero-order valence-corrected chi connectivity index (χ0v) is 22.4. The van der Waals surface area contributed by atoms with Crippen LogP contribution in [0, 0.1) is 0 Å². The Hall–Kier alpha value is -2.74. The van der Waals surface area contributed by atoms with Crippen LogP contribution in [-0.4, -0.2) is 39.0 Å². The molecule has 1 unspecified atom stereocenters. The van der Waals surface area contributed by atoms with Gasteiger partial charge in [-0.2, -0.15) is 0 Å². The smallest absolute Gasteiger partial charge is 0.407 e. The molecule has 6 nitrogen and oxygen atoms in total. The first-order valence-corrected chi connectivity index (χ1v) is 13.4. The van der Waals surface area contributed by atoms with Gasteiger partial charge in [-0.25, -0.2) is 9.78 Å². The number of rotatable bonds is 11. The number of alkyl carbamates (subject to hydrolysis) is 1. The van der Waals surface area contributed by atoms with Crippen molar-refractivity contribution in [1.82, 2.24) is 10.3 Å². The van der Waals surface area contributed by atoms with Crippen LogP contribution in [0.15, 0.2) is 66.9 Å². The molecule has 1 heterocycles. The number of nitrogens with one attached hydrogen (secondary N) is 1. The number of hydrogen-bond donors (Lipinski definition) is 3. The van der Waals surface area contributed by atoms with Gasteiger partial charge in [-0.3, -0.25) is 0 Å². The Kier molecular flexibility index (Phi) is 10.0. The molecule has 2 aromatic carbocycles. The van der Waals surface area contributed by atoms with Crippen LogP contribution in [0.25, 0.3) is 0 Å². The van der Waals surface area contributed by atoms with Crippen molar-refractivity contribution in [2.24, 2.45) is 0 Å². The number of benzene rings is 2. The maximum absolute atomic E-state index is 12.6. The molecule has 0 saturated heterocycles. The lowest BCUT2D eigenvalue weighted by Gasteiger charge is -2.29. The summed E-state index contributed by atoms with van der Waals surface area (Å²) in [4.78, 5) is 18.1. The average molecular weight is 511 g/mol. The molecule has 36 heavy (non-hydrogen) atoms. The molecule has 3 rings (SSSR count). The summed E-state index contributed by atoms with van der Waals surface area (Å²) < 4.78 is 5.48. The second-order valence-corrected chi connectivity index (χ2v) is 11.3. The van der Waals surface area contributed by atoms with Crippen LogP contribution in [0.1, 0.15) is 73.6 Å². The van der Waals surface area contributed by atoms with Gasteiger partial charge in [0.05, 0.1) is 28.1 Å². The second-order valence-electron chi connectivity index (χ2n) is 10.2. The van der Waals surface area contributed by atoms with E-state index in [0.717, 1.165) is 21.0 Å². The lowest BCUT2D eigenvalue weighted by atomic mass is 9.89. The molecule has 0 aliphatic heterocycles. The van der Waals surface area contributed by atoms with E-state index in [1.165, 1.54) is 11.3 Å². The van der Waals surface area contributed by atoms with Crippen molar-refractivity contribution in [3.63, 3.8) is 0 Å². The first kappa shape index (κ1) is 27.8. The maximum atomic E-state index is 12.6. The number of aromatic nitrogens is 1. The fraction of sp³-hybridized carbons (Fsp3) is 0.448. The summed E-state index contributed by atoms with van der Waals surface area (Å²) >= 11 is 1.49. The molecule has 3 aromatic rings. The van der Waals surface area contributed by atoms with Crippen molar-refractivity contribution in [2.75, 3.05) is 0 Å². The third-order valence-corrected chi connectivity index (χ3v) is 7.18. The molecular weight excluding hydrogens is 472 g/mol. The molecule has 1 aromatic heterocycles. The number of aliphatic hydroxyl groups is 2. The lowest BCUT2D eigenvalue weighted by molar-refractivity contribution is 0.0405. The van der Waals surface area contributed by atoms with Crippen LogP contribution in [0.5, 0.6) is 0 Å². The molecule has 0 aliphatic carbocycles. The van der Waals surface area contributed by atoms with E-state index in [4.69, 9.17) is 4.74 Å². The number of nitrogens with zero attached hydrogens (tertiary/aromatic N) is 1. The highest BCUT2D eigenvalue weighted by Gasteiger charge is 2.29. The van der Waals surface area contributed by atoms with E-state index in [9.17, 15) is 15.0 Å². The fourth-order valence-corrected chi connectivity index (χ4v) is 5.18. The molecule has 0 aliphatic rings. The minimum atomic E-state index is -0.838. The van der Waals surface area contributed by atoms with Crippen molar-refractivity contribution in [1.29, 1.82) is 0 Å². The number of thiazole rings is 1. The fourth-order valence-electron chi connectivity index (χ4n) is 4.08. The van der Waals surface area contributed by atoms with Gasteiger partial charge in [-0.05, 0) is 57.6 Å². The van der Waals surface area contributed by atoms with E-state index in [2.05, 4.69) is 22.4 Å². The normalized spacial score (nSPS) is 15.1. The summed E-state index contributed by atoms with van der Waals surface area (Å²) in [6.45, 7) is 7.38. The zero-order valence-electron chi connectivity index (χ0n) is 21.6. The molecule has 0 bridgehead atoms. The van der Waals surface area contributed by atoms with E-state index in [0.29, 0.717) is 25.7 Å². The van der Waals surface area contributed by atoms with Gasteiger partial charge in [0.1, 0.15) is 5.60 Å². The molecular formula is C29H38N2O4S. The summed E-state index contributed by atoms with van der Waals surface area (Å²) in [5.74, 6) is -0.0797. The Morgan fingerprint density at radius 2 is 1.58 bits per heavy atom. The van der Waals surface area contributed by atoms with Crippen LogP contribution in [-0.2, 0) is 17.6 Å².